The van der Waals surface area contributed by atoms with E-state index in [4.69, 9.17) is 10.5 Å². The Kier molecular flexibility index (Phi) is 4.73. The number of ether oxygens (including phenoxy) is 1. The molecule has 1 rings (SSSR count). The zero-order valence-corrected chi connectivity index (χ0v) is 9.68. The highest BCUT2D eigenvalue weighted by Gasteiger charge is 2.18. The summed E-state index contributed by atoms with van der Waals surface area (Å²) in [6, 6.07) is 5.41. The Morgan fingerprint density at radius 3 is 2.56 bits per heavy atom. The van der Waals surface area contributed by atoms with E-state index in [0.29, 0.717) is 24.3 Å². The molecule has 0 bridgehead atoms. The van der Waals surface area contributed by atoms with Gasteiger partial charge >= 0.3 is 0 Å². The van der Waals surface area contributed by atoms with Crippen molar-refractivity contribution in [3.05, 3.63) is 29.3 Å². The lowest BCUT2D eigenvalue weighted by Crippen LogP contribution is -2.21. The van der Waals surface area contributed by atoms with Crippen LogP contribution < -0.4 is 10.5 Å². The van der Waals surface area contributed by atoms with Crippen LogP contribution in [0.2, 0.25) is 0 Å². The zero-order valence-electron chi connectivity index (χ0n) is 9.68. The molecule has 1 aromatic rings. The second-order valence-corrected chi connectivity index (χ2v) is 3.87. The summed E-state index contributed by atoms with van der Waals surface area (Å²) >= 11 is 0. The molecule has 2 unspecified atom stereocenters. The van der Waals surface area contributed by atoms with Crippen LogP contribution >= 0.6 is 0 Å². The lowest BCUT2D eigenvalue weighted by Gasteiger charge is -2.18. The molecule has 0 spiro atoms. The molecule has 4 nitrogen and oxygen atoms in total. The van der Waals surface area contributed by atoms with Crippen LogP contribution in [0.4, 0.5) is 0 Å². The van der Waals surface area contributed by atoms with Crippen LogP contribution in [-0.4, -0.2) is 30.0 Å². The number of hydrogen-bond acceptors (Lipinski definition) is 4. The van der Waals surface area contributed by atoms with Crippen LogP contribution in [0.1, 0.15) is 23.7 Å². The summed E-state index contributed by atoms with van der Waals surface area (Å²) in [6.45, 7) is 2.26. The number of benzene rings is 1. The summed E-state index contributed by atoms with van der Waals surface area (Å²) in [5.41, 5.74) is 6.97. The normalized spacial score (nSPS) is 14.6. The van der Waals surface area contributed by atoms with Gasteiger partial charge in [0.25, 0.3) is 0 Å². The largest absolute Gasteiger partial charge is 0.497 e. The topological polar surface area (TPSA) is 75.7 Å². The molecular weight excluding hydrogens is 206 g/mol. The van der Waals surface area contributed by atoms with E-state index in [2.05, 4.69) is 0 Å². The van der Waals surface area contributed by atoms with Gasteiger partial charge in [-0.1, -0.05) is 6.07 Å². The van der Waals surface area contributed by atoms with E-state index in [9.17, 15) is 10.2 Å². The number of rotatable bonds is 5. The van der Waals surface area contributed by atoms with Gasteiger partial charge in [0.1, 0.15) is 11.9 Å². The fraction of sp³-hybridized carbons (Fsp3) is 0.500. The van der Waals surface area contributed by atoms with Gasteiger partial charge in [-0.3, -0.25) is 0 Å². The van der Waals surface area contributed by atoms with E-state index in [-0.39, 0.29) is 0 Å². The van der Waals surface area contributed by atoms with Gasteiger partial charge in [-0.15, -0.1) is 0 Å². The highest BCUT2D eigenvalue weighted by molar-refractivity contribution is 5.35. The summed E-state index contributed by atoms with van der Waals surface area (Å²) in [5.74, 6) is 0.675. The molecule has 4 heteroatoms. The number of aryl methyl sites for hydroxylation is 1. The Labute approximate surface area is 95.7 Å². The van der Waals surface area contributed by atoms with Crippen molar-refractivity contribution in [1.29, 1.82) is 0 Å². The van der Waals surface area contributed by atoms with E-state index in [1.165, 1.54) is 0 Å². The fourth-order valence-electron chi connectivity index (χ4n) is 1.62. The number of methoxy groups -OCH3 is 1. The van der Waals surface area contributed by atoms with Crippen molar-refractivity contribution in [3.8, 4) is 5.75 Å². The molecule has 0 fully saturated rings. The van der Waals surface area contributed by atoms with Crippen LogP contribution in [0.25, 0.3) is 0 Å². The third-order valence-corrected chi connectivity index (χ3v) is 2.48. The molecule has 2 atom stereocenters. The smallest absolute Gasteiger partial charge is 0.119 e. The van der Waals surface area contributed by atoms with Crippen LogP contribution in [0.5, 0.6) is 5.75 Å². The molecule has 0 saturated carbocycles. The molecule has 0 aliphatic rings. The van der Waals surface area contributed by atoms with Gasteiger partial charge in [0.15, 0.2) is 0 Å². The maximum atomic E-state index is 9.90. The molecule has 0 amide bonds. The lowest BCUT2D eigenvalue weighted by molar-refractivity contribution is 0.0149. The maximum absolute atomic E-state index is 9.90. The Morgan fingerprint density at radius 2 is 2.00 bits per heavy atom. The number of nitrogens with two attached hydrogens (primary N) is 1. The Hall–Kier alpha value is -1.10. The molecule has 4 N–H and O–H groups in total. The van der Waals surface area contributed by atoms with Gasteiger partial charge in [0.05, 0.1) is 13.2 Å². The van der Waals surface area contributed by atoms with Crippen molar-refractivity contribution in [1.82, 2.24) is 0 Å². The molecule has 1 aromatic carbocycles. The molecule has 0 aromatic heterocycles. The van der Waals surface area contributed by atoms with Crippen molar-refractivity contribution in [2.24, 2.45) is 5.73 Å². The molecule has 90 valence electrons. The first kappa shape index (κ1) is 13.0. The SMILES string of the molecule is COc1cc(C)cc(C(O)C(O)CCN)c1. The molecule has 0 aliphatic carbocycles. The van der Waals surface area contributed by atoms with E-state index in [1.54, 1.807) is 13.2 Å². The van der Waals surface area contributed by atoms with Gasteiger partial charge in [0.2, 0.25) is 0 Å². The Bertz CT molecular complexity index is 341. The van der Waals surface area contributed by atoms with E-state index >= 15 is 0 Å². The lowest BCUT2D eigenvalue weighted by atomic mass is 10.00. The second kappa shape index (κ2) is 5.84. The minimum Gasteiger partial charge on any atom is -0.497 e. The quantitative estimate of drug-likeness (QED) is 0.691. The van der Waals surface area contributed by atoms with Gasteiger partial charge in [0, 0.05) is 0 Å². The predicted molar refractivity (Wildman–Crippen MR) is 62.4 cm³/mol. The van der Waals surface area contributed by atoms with Gasteiger partial charge in [-0.25, -0.2) is 0 Å². The summed E-state index contributed by atoms with van der Waals surface area (Å²) in [4.78, 5) is 0. The first-order chi connectivity index (χ1) is 7.58. The van der Waals surface area contributed by atoms with Gasteiger partial charge in [-0.2, -0.15) is 0 Å². The van der Waals surface area contributed by atoms with Gasteiger partial charge in [-0.05, 0) is 43.1 Å². The van der Waals surface area contributed by atoms with Crippen molar-refractivity contribution in [3.63, 3.8) is 0 Å². The standard InChI is InChI=1S/C12H19NO3/c1-8-5-9(7-10(6-8)16-2)12(15)11(14)3-4-13/h5-7,11-12,14-15H,3-4,13H2,1-2H3. The highest BCUT2D eigenvalue weighted by Crippen LogP contribution is 2.24. The fourth-order valence-corrected chi connectivity index (χ4v) is 1.62. The third-order valence-electron chi connectivity index (χ3n) is 2.48. The molecule has 0 aliphatic heterocycles. The predicted octanol–water partition coefficient (Wildman–Crippen LogP) is 0.747. The minimum atomic E-state index is -0.919. The summed E-state index contributed by atoms with van der Waals surface area (Å²) in [7, 11) is 1.57. The van der Waals surface area contributed by atoms with Crippen LogP contribution in [0.15, 0.2) is 18.2 Å². The average molecular weight is 225 g/mol. The number of hydrogen-bond donors (Lipinski definition) is 3. The average Bonchev–Trinajstić information content (AvgIpc) is 2.27. The van der Waals surface area contributed by atoms with E-state index in [0.717, 1.165) is 5.56 Å². The number of aliphatic hydroxyl groups excluding tert-OH is 2. The maximum Gasteiger partial charge on any atom is 0.119 e. The summed E-state index contributed by atoms with van der Waals surface area (Å²) in [6.07, 6.45) is -1.38. The van der Waals surface area contributed by atoms with Crippen molar-refractivity contribution in [2.45, 2.75) is 25.6 Å². The van der Waals surface area contributed by atoms with E-state index in [1.807, 2.05) is 19.1 Å². The van der Waals surface area contributed by atoms with Crippen molar-refractivity contribution in [2.75, 3.05) is 13.7 Å². The monoisotopic (exact) mass is 225 g/mol. The summed E-state index contributed by atoms with van der Waals surface area (Å²) < 4.78 is 5.11. The zero-order chi connectivity index (χ0) is 12.1. The minimum absolute atomic E-state index is 0.348. The second-order valence-electron chi connectivity index (χ2n) is 3.87. The summed E-state index contributed by atoms with van der Waals surface area (Å²) in [5, 5.41) is 19.6. The first-order valence-electron chi connectivity index (χ1n) is 5.30. The molecular formula is C12H19NO3. The van der Waals surface area contributed by atoms with Crippen LogP contribution in [0.3, 0.4) is 0 Å². The first-order valence-corrected chi connectivity index (χ1v) is 5.30. The Morgan fingerprint density at radius 1 is 1.31 bits per heavy atom. The van der Waals surface area contributed by atoms with Crippen LogP contribution in [-0.2, 0) is 0 Å². The highest BCUT2D eigenvalue weighted by atomic mass is 16.5. The molecule has 0 radical (unpaired) electrons. The van der Waals surface area contributed by atoms with Crippen LogP contribution in [0, 0.1) is 6.92 Å². The third kappa shape index (κ3) is 3.20. The van der Waals surface area contributed by atoms with Crippen molar-refractivity contribution >= 4 is 0 Å². The van der Waals surface area contributed by atoms with Crippen molar-refractivity contribution < 1.29 is 14.9 Å². The molecule has 16 heavy (non-hydrogen) atoms. The van der Waals surface area contributed by atoms with Gasteiger partial charge < -0.3 is 20.7 Å². The number of aliphatic hydroxyl groups is 2. The molecule has 0 heterocycles. The molecule has 0 saturated heterocycles. The Balaban J connectivity index is 2.89. The van der Waals surface area contributed by atoms with E-state index < -0.39 is 12.2 Å².